The monoisotopic (exact) mass is 220 g/mol. The van der Waals surface area contributed by atoms with Gasteiger partial charge in [-0.25, -0.2) is 0 Å². The van der Waals surface area contributed by atoms with Crippen molar-refractivity contribution in [3.63, 3.8) is 0 Å². The zero-order valence-electron chi connectivity index (χ0n) is 8.62. The van der Waals surface area contributed by atoms with Gasteiger partial charge in [-0.05, 0) is 36.1 Å². The molecule has 3 N–H and O–H groups in total. The molecule has 0 saturated carbocycles. The first kappa shape index (κ1) is 9.44. The molecule has 0 radical (unpaired) electrons. The lowest BCUT2D eigenvalue weighted by molar-refractivity contribution is -0.438. The molecule has 0 spiro atoms. The van der Waals surface area contributed by atoms with E-state index in [0.717, 1.165) is 17.9 Å². The minimum atomic E-state index is 0.545. The van der Waals surface area contributed by atoms with Crippen LogP contribution < -0.4 is 5.73 Å². The van der Waals surface area contributed by atoms with Crippen LogP contribution in [0.2, 0.25) is 5.02 Å². The second-order valence-electron chi connectivity index (χ2n) is 4.65. The molecule has 2 heteroatoms. The molecule has 0 fully saturated rings. The normalized spacial score (nSPS) is 32.5. The maximum absolute atomic E-state index is 6.04. The van der Waals surface area contributed by atoms with Gasteiger partial charge in [-0.2, -0.15) is 0 Å². The Morgan fingerprint density at radius 3 is 3.07 bits per heavy atom. The smallest absolute Gasteiger partial charge is 0.0982 e. The molecule has 0 aromatic heterocycles. The van der Waals surface area contributed by atoms with Crippen LogP contribution in [0, 0.1) is 5.92 Å². The van der Waals surface area contributed by atoms with Crippen LogP contribution in [0.4, 0.5) is 0 Å². The summed E-state index contributed by atoms with van der Waals surface area (Å²) in [5.74, 6) is 1.23. The second-order valence-corrected chi connectivity index (χ2v) is 5.08. The van der Waals surface area contributed by atoms with Crippen molar-refractivity contribution in [1.82, 2.24) is 0 Å². The lowest BCUT2D eigenvalue weighted by Crippen LogP contribution is -2.68. The van der Waals surface area contributed by atoms with Crippen molar-refractivity contribution in [3.8, 4) is 0 Å². The maximum atomic E-state index is 6.04. The first-order valence-corrected chi connectivity index (χ1v) is 5.91. The van der Waals surface area contributed by atoms with Crippen LogP contribution in [0.5, 0.6) is 0 Å². The van der Waals surface area contributed by atoms with Gasteiger partial charge in [0, 0.05) is 16.9 Å². The lowest BCUT2D eigenvalue weighted by atomic mass is 9.69. The van der Waals surface area contributed by atoms with Gasteiger partial charge in [-0.1, -0.05) is 29.8 Å². The minimum absolute atomic E-state index is 0.545. The number of hydrogen-bond donors (Lipinski definition) is 1. The Morgan fingerprint density at radius 1 is 1.33 bits per heavy atom. The van der Waals surface area contributed by atoms with Gasteiger partial charge in [0.2, 0.25) is 0 Å². The molecular formula is C13H15ClN+. The highest BCUT2D eigenvalue weighted by molar-refractivity contribution is 6.30. The number of fused-ring (bicyclic) bond motifs is 4. The van der Waals surface area contributed by atoms with Crippen molar-refractivity contribution in [3.05, 3.63) is 46.5 Å². The number of allylic oxidation sites excluding steroid dienone is 1. The molecule has 15 heavy (non-hydrogen) atoms. The predicted octanol–water partition coefficient (Wildman–Crippen LogP) is 2.17. The van der Waals surface area contributed by atoms with Gasteiger partial charge in [0.15, 0.2) is 0 Å². The van der Waals surface area contributed by atoms with Crippen molar-refractivity contribution < 1.29 is 5.73 Å². The Morgan fingerprint density at radius 2 is 2.20 bits per heavy atom. The van der Waals surface area contributed by atoms with Gasteiger partial charge in [-0.3, -0.25) is 0 Å². The fourth-order valence-electron chi connectivity index (χ4n) is 2.96. The third-order valence-corrected chi connectivity index (χ3v) is 4.04. The molecule has 1 nitrogen and oxygen atoms in total. The van der Waals surface area contributed by atoms with Crippen LogP contribution in [-0.2, 0) is 6.42 Å². The number of rotatable bonds is 0. The van der Waals surface area contributed by atoms with E-state index in [1.807, 2.05) is 6.07 Å². The molecule has 3 rings (SSSR count). The first-order chi connectivity index (χ1) is 7.25. The van der Waals surface area contributed by atoms with E-state index < -0.39 is 0 Å². The molecule has 1 aromatic carbocycles. The molecule has 0 heterocycles. The Kier molecular flexibility index (Phi) is 2.11. The molecular weight excluding hydrogens is 206 g/mol. The summed E-state index contributed by atoms with van der Waals surface area (Å²) in [5.41, 5.74) is 7.22. The van der Waals surface area contributed by atoms with Crippen LogP contribution >= 0.6 is 11.6 Å². The molecule has 2 aliphatic rings. The Balaban J connectivity index is 2.12. The van der Waals surface area contributed by atoms with E-state index >= 15 is 0 Å². The molecule has 3 unspecified atom stereocenters. The standard InChI is InChI=1S/C13H14ClN/c14-10-4-5-11-9(7-10)6-8-2-1-3-12(11)13(8)15/h1-2,4-5,7-8,12-13H,3,6,15H2/p+1. The lowest BCUT2D eigenvalue weighted by Gasteiger charge is -2.36. The molecule has 2 bridgehead atoms. The van der Waals surface area contributed by atoms with Gasteiger partial charge < -0.3 is 5.73 Å². The molecule has 78 valence electrons. The summed E-state index contributed by atoms with van der Waals surface area (Å²) in [6.07, 6.45) is 6.89. The minimum Gasteiger partial charge on any atom is -0.354 e. The van der Waals surface area contributed by atoms with E-state index in [-0.39, 0.29) is 0 Å². The molecule has 1 aromatic rings. The van der Waals surface area contributed by atoms with Crippen LogP contribution in [0.15, 0.2) is 30.4 Å². The SMILES string of the molecule is [NH3+]C1C2C=CCC1c1ccc(Cl)cc1C2. The predicted molar refractivity (Wildman–Crippen MR) is 61.8 cm³/mol. The molecule has 0 amide bonds. The summed E-state index contributed by atoms with van der Waals surface area (Å²) in [6, 6.07) is 6.87. The van der Waals surface area contributed by atoms with Gasteiger partial charge >= 0.3 is 0 Å². The first-order valence-electron chi connectivity index (χ1n) is 5.54. The maximum Gasteiger partial charge on any atom is 0.0982 e. The van der Waals surface area contributed by atoms with Gasteiger partial charge in [0.1, 0.15) is 0 Å². The van der Waals surface area contributed by atoms with E-state index in [1.54, 1.807) is 0 Å². The number of halogens is 1. The second kappa shape index (κ2) is 3.36. The van der Waals surface area contributed by atoms with Gasteiger partial charge in [0.05, 0.1) is 6.04 Å². The highest BCUT2D eigenvalue weighted by Crippen LogP contribution is 2.40. The summed E-state index contributed by atoms with van der Waals surface area (Å²) in [6.45, 7) is 0. The molecule has 3 atom stereocenters. The summed E-state index contributed by atoms with van der Waals surface area (Å²) in [5, 5.41) is 0.860. The van der Waals surface area contributed by atoms with E-state index in [4.69, 9.17) is 11.6 Å². The fourth-order valence-corrected chi connectivity index (χ4v) is 3.15. The average Bonchev–Trinajstić information content (AvgIpc) is 2.19. The zero-order chi connectivity index (χ0) is 10.4. The summed E-state index contributed by atoms with van der Waals surface area (Å²) in [7, 11) is 0. The topological polar surface area (TPSA) is 27.6 Å². The van der Waals surface area contributed by atoms with E-state index in [0.29, 0.717) is 17.9 Å². The molecule has 0 saturated heterocycles. The summed E-state index contributed by atoms with van der Waals surface area (Å²) >= 11 is 6.04. The number of hydrogen-bond acceptors (Lipinski definition) is 0. The van der Waals surface area contributed by atoms with Gasteiger partial charge in [0.25, 0.3) is 0 Å². The van der Waals surface area contributed by atoms with Crippen LogP contribution in [0.3, 0.4) is 0 Å². The van der Waals surface area contributed by atoms with E-state index in [1.165, 1.54) is 11.1 Å². The van der Waals surface area contributed by atoms with E-state index in [2.05, 4.69) is 30.0 Å². The Bertz CT molecular complexity index is 425. The average molecular weight is 221 g/mol. The summed E-state index contributed by atoms with van der Waals surface area (Å²) < 4.78 is 0. The van der Waals surface area contributed by atoms with Crippen molar-refractivity contribution in [2.45, 2.75) is 24.8 Å². The zero-order valence-corrected chi connectivity index (χ0v) is 9.37. The number of quaternary nitrogens is 1. The molecule has 2 aliphatic carbocycles. The quantitative estimate of drug-likeness (QED) is 0.649. The van der Waals surface area contributed by atoms with Crippen LogP contribution in [-0.4, -0.2) is 6.04 Å². The largest absolute Gasteiger partial charge is 0.354 e. The van der Waals surface area contributed by atoms with Crippen molar-refractivity contribution in [2.75, 3.05) is 0 Å². The highest BCUT2D eigenvalue weighted by atomic mass is 35.5. The third kappa shape index (κ3) is 1.42. The Hall–Kier alpha value is -0.790. The molecule has 0 aliphatic heterocycles. The third-order valence-electron chi connectivity index (χ3n) is 3.80. The van der Waals surface area contributed by atoms with Crippen LogP contribution in [0.1, 0.15) is 23.5 Å². The van der Waals surface area contributed by atoms with Crippen LogP contribution in [0.25, 0.3) is 0 Å². The van der Waals surface area contributed by atoms with Gasteiger partial charge in [-0.15, -0.1) is 0 Å². The number of benzene rings is 1. The van der Waals surface area contributed by atoms with Crippen molar-refractivity contribution in [1.29, 1.82) is 0 Å². The fraction of sp³-hybridized carbons (Fsp3) is 0.385. The Labute approximate surface area is 94.9 Å². The highest BCUT2D eigenvalue weighted by Gasteiger charge is 2.37. The van der Waals surface area contributed by atoms with Crippen molar-refractivity contribution in [2.24, 2.45) is 5.92 Å². The van der Waals surface area contributed by atoms with Crippen molar-refractivity contribution >= 4 is 11.6 Å². The summed E-state index contributed by atoms with van der Waals surface area (Å²) in [4.78, 5) is 0. The van der Waals surface area contributed by atoms with E-state index in [9.17, 15) is 0 Å².